The molecular formula is C31H31N2NaO13S. The molecule has 0 fully saturated rings. The number of Topliss-reactive ketones (excluding diaryl/α,β-unsaturated/α-hetero) is 1. The van der Waals surface area contributed by atoms with Gasteiger partial charge < -0.3 is 30.3 Å². The van der Waals surface area contributed by atoms with Crippen LogP contribution < -0.4 is 34.7 Å². The molecule has 0 aromatic heterocycles. The Kier molecular flexibility index (Phi) is 14.0. The number of aliphatic carboxylic acids is 4. The number of hydrogen-bond acceptors (Lipinski definition) is 11. The second-order valence-electron chi connectivity index (χ2n) is 10.8. The van der Waals surface area contributed by atoms with Crippen LogP contribution in [-0.2, 0) is 40.6 Å². The Morgan fingerprint density at radius 1 is 0.833 bits per heavy atom. The first kappa shape index (κ1) is 40.0. The van der Waals surface area contributed by atoms with Crippen molar-refractivity contribution in [1.29, 1.82) is 0 Å². The van der Waals surface area contributed by atoms with E-state index in [9.17, 15) is 62.5 Å². The molecule has 3 rings (SSSR count). The van der Waals surface area contributed by atoms with Crippen LogP contribution in [0.25, 0.3) is 5.57 Å². The van der Waals surface area contributed by atoms with Crippen molar-refractivity contribution < 1.29 is 92.0 Å². The van der Waals surface area contributed by atoms with E-state index in [1.54, 1.807) is 0 Å². The first-order valence-electron chi connectivity index (χ1n) is 13.7. The molecule has 0 unspecified atom stereocenters. The number of aromatic hydroxyl groups is 1. The van der Waals surface area contributed by atoms with Gasteiger partial charge in [0.25, 0.3) is 10.1 Å². The molecular weight excluding hydrogens is 663 g/mol. The van der Waals surface area contributed by atoms with Crippen LogP contribution in [0.15, 0.2) is 70.2 Å². The Labute approximate surface area is 297 Å². The molecule has 2 aromatic carbocycles. The van der Waals surface area contributed by atoms with Gasteiger partial charge in [0, 0.05) is 36.3 Å². The van der Waals surface area contributed by atoms with Gasteiger partial charge in [0.2, 0.25) is 0 Å². The molecule has 0 radical (unpaired) electrons. The Balaban J connectivity index is 0.00000800. The van der Waals surface area contributed by atoms with Crippen LogP contribution in [0.4, 0.5) is 0 Å². The summed E-state index contributed by atoms with van der Waals surface area (Å²) in [5, 5.41) is 50.1. The number of phenols is 1. The Morgan fingerprint density at radius 3 is 1.90 bits per heavy atom. The van der Waals surface area contributed by atoms with Gasteiger partial charge in [-0.15, -0.1) is 0 Å². The minimum atomic E-state index is -4.86. The van der Waals surface area contributed by atoms with Crippen LogP contribution in [0.5, 0.6) is 5.75 Å². The number of carboxylic acid groups (broad SMARTS) is 4. The second kappa shape index (κ2) is 16.8. The van der Waals surface area contributed by atoms with Gasteiger partial charge in [-0.1, -0.05) is 18.2 Å². The maximum absolute atomic E-state index is 13.2. The maximum Gasteiger partial charge on any atom is 1.00 e. The van der Waals surface area contributed by atoms with Crippen molar-refractivity contribution in [3.05, 3.63) is 87.5 Å². The Morgan fingerprint density at radius 2 is 1.38 bits per heavy atom. The zero-order valence-electron chi connectivity index (χ0n) is 26.2. The van der Waals surface area contributed by atoms with Gasteiger partial charge in [-0.25, -0.2) is 0 Å². The van der Waals surface area contributed by atoms with Crippen molar-refractivity contribution in [3.63, 3.8) is 0 Å². The molecule has 0 heterocycles. The predicted octanol–water partition coefficient (Wildman–Crippen LogP) is -2.68. The SMILES string of the molecule is CC1=CC(=C(c2cc(C)c(O)c(CN(CC(=O)[O-])CC(=O)O)c2)c2ccccc2S(=O)(=O)O)C=C(CN(CC(=O)O)CC(=O)O)C1=O.[Na+]. The predicted molar refractivity (Wildman–Crippen MR) is 162 cm³/mol. The number of rotatable bonds is 15. The number of nitrogens with zero attached hydrogens (tertiary/aromatic N) is 2. The van der Waals surface area contributed by atoms with E-state index in [2.05, 4.69) is 0 Å². The van der Waals surface area contributed by atoms with Gasteiger partial charge in [-0.3, -0.25) is 33.5 Å². The zero-order chi connectivity index (χ0) is 35.2. The molecule has 0 spiro atoms. The molecule has 2 aromatic rings. The number of benzene rings is 2. The van der Waals surface area contributed by atoms with E-state index in [4.69, 9.17) is 0 Å². The topological polar surface area (TPSA) is 250 Å². The fraction of sp³-hybridized carbons (Fsp3) is 0.258. The van der Waals surface area contributed by atoms with Crippen LogP contribution in [0.2, 0.25) is 0 Å². The smallest absolute Gasteiger partial charge is 0.549 e. The summed E-state index contributed by atoms with van der Waals surface area (Å²) in [4.78, 5) is 60.2. The van der Waals surface area contributed by atoms with Crippen molar-refractivity contribution in [2.75, 3.05) is 32.7 Å². The van der Waals surface area contributed by atoms with E-state index in [-0.39, 0.29) is 79.9 Å². The molecule has 0 atom stereocenters. The van der Waals surface area contributed by atoms with Crippen LogP contribution in [0.3, 0.4) is 0 Å². The number of carbonyl (C=O) groups excluding carboxylic acids is 2. The molecule has 15 nitrogen and oxygen atoms in total. The molecule has 1 aliphatic carbocycles. The molecule has 0 saturated carbocycles. The van der Waals surface area contributed by atoms with Gasteiger partial charge in [-0.2, -0.15) is 8.42 Å². The first-order chi connectivity index (χ1) is 21.9. The summed E-state index contributed by atoms with van der Waals surface area (Å²) in [6.45, 7) is -0.820. The van der Waals surface area contributed by atoms with Crippen LogP contribution >= 0.6 is 0 Å². The van der Waals surface area contributed by atoms with Gasteiger partial charge in [-0.05, 0) is 72.0 Å². The number of phenolic OH excluding ortho intramolecular Hbond substituents is 1. The summed E-state index contributed by atoms with van der Waals surface area (Å²) in [7, 11) is -4.86. The van der Waals surface area contributed by atoms with Gasteiger partial charge in [0.15, 0.2) is 5.78 Å². The third-order valence-corrected chi connectivity index (χ3v) is 7.87. The summed E-state index contributed by atoms with van der Waals surface area (Å²) in [6, 6.07) is 8.15. The average Bonchev–Trinajstić information content (AvgIpc) is 2.92. The van der Waals surface area contributed by atoms with E-state index < -0.39 is 83.9 Å². The van der Waals surface area contributed by atoms with E-state index in [1.165, 1.54) is 56.3 Å². The van der Waals surface area contributed by atoms with E-state index in [1.807, 2.05) is 0 Å². The fourth-order valence-corrected chi connectivity index (χ4v) is 5.87. The Bertz CT molecular complexity index is 1820. The number of ketones is 1. The zero-order valence-corrected chi connectivity index (χ0v) is 29.0. The number of hydrogen-bond donors (Lipinski definition) is 5. The molecule has 48 heavy (non-hydrogen) atoms. The summed E-state index contributed by atoms with van der Waals surface area (Å²) >= 11 is 0. The van der Waals surface area contributed by atoms with E-state index in [0.29, 0.717) is 0 Å². The maximum atomic E-state index is 13.2. The number of carbonyl (C=O) groups is 5. The monoisotopic (exact) mass is 694 g/mol. The minimum absolute atomic E-state index is 0. The van der Waals surface area contributed by atoms with Crippen molar-refractivity contribution in [1.82, 2.24) is 9.80 Å². The third kappa shape index (κ3) is 10.7. The summed E-state index contributed by atoms with van der Waals surface area (Å²) in [5.74, 6) is -6.46. The van der Waals surface area contributed by atoms with Crippen molar-refractivity contribution in [3.8, 4) is 5.75 Å². The van der Waals surface area contributed by atoms with Crippen molar-refractivity contribution in [2.45, 2.75) is 25.3 Å². The van der Waals surface area contributed by atoms with Gasteiger partial charge >= 0.3 is 47.5 Å². The van der Waals surface area contributed by atoms with Crippen LogP contribution in [-0.4, -0.2) is 106 Å². The summed E-state index contributed by atoms with van der Waals surface area (Å²) < 4.78 is 35.1. The Hall–Kier alpha value is -4.16. The second-order valence-corrected chi connectivity index (χ2v) is 12.2. The summed E-state index contributed by atoms with van der Waals surface area (Å²) in [5.41, 5.74) is 0.799. The van der Waals surface area contributed by atoms with E-state index in [0.717, 1.165) is 15.9 Å². The number of carboxylic acids is 4. The molecule has 0 amide bonds. The van der Waals surface area contributed by atoms with Crippen LogP contribution in [0.1, 0.15) is 29.2 Å². The fourth-order valence-electron chi connectivity index (χ4n) is 5.18. The van der Waals surface area contributed by atoms with Crippen LogP contribution in [0, 0.1) is 6.92 Å². The first-order valence-corrected chi connectivity index (χ1v) is 15.2. The normalized spacial score (nSPS) is 14.2. The largest absolute Gasteiger partial charge is 1.00 e. The molecule has 250 valence electrons. The molecule has 1 aliphatic rings. The van der Waals surface area contributed by atoms with Gasteiger partial charge in [0.1, 0.15) is 10.6 Å². The van der Waals surface area contributed by atoms with Gasteiger partial charge in [0.05, 0.1) is 25.6 Å². The average molecular weight is 695 g/mol. The molecule has 0 saturated heterocycles. The number of aryl methyl sites for hydroxylation is 1. The summed E-state index contributed by atoms with van der Waals surface area (Å²) in [6.07, 6.45) is 2.74. The minimum Gasteiger partial charge on any atom is -0.549 e. The molecule has 0 aliphatic heterocycles. The van der Waals surface area contributed by atoms with Crippen molar-refractivity contribution >= 4 is 45.4 Å². The standard InChI is InChI=1S/C31H32N2O13S.Na/c1-17-7-19(9-21(30(17)42)11-32(13-25(34)35)14-26(36)37)29(23-5-3-4-6-24(23)47(44,45)46)20-8-18(2)31(43)22(10-20)12-33(15-27(38)39)16-28(40)41;/h3-10,42H,11-16H2,1-2H3,(H,34,35)(H,36,37)(H,38,39)(H,40,41)(H,44,45,46);/q;+1/p-1. The third-order valence-electron chi connectivity index (χ3n) is 6.96. The molecule has 17 heteroatoms. The molecule has 0 bridgehead atoms. The number of allylic oxidation sites excluding steroid dienone is 4. The van der Waals surface area contributed by atoms with Crippen molar-refractivity contribution in [2.24, 2.45) is 0 Å². The van der Waals surface area contributed by atoms with E-state index >= 15 is 0 Å². The molecule has 5 N–H and O–H groups in total. The quantitative estimate of drug-likeness (QED) is 0.0941.